The fraction of sp³-hybridized carbons (Fsp3) is 1.00. The number of hydrogen-bond donors (Lipinski definition) is 1. The van der Waals surface area contributed by atoms with Crippen LogP contribution in [0.3, 0.4) is 0 Å². The third kappa shape index (κ3) is 6.70. The molecule has 0 aromatic rings. The Morgan fingerprint density at radius 1 is 1.21 bits per heavy atom. The number of rotatable bonds is 11. The topological polar surface area (TPSA) is 27.7 Å². The molecule has 0 spiro atoms. The highest BCUT2D eigenvalue weighted by atomic mass is 16.5. The summed E-state index contributed by atoms with van der Waals surface area (Å²) in [6.07, 6.45) is 2.46. The van der Waals surface area contributed by atoms with Gasteiger partial charge in [0.2, 0.25) is 0 Å². The molecule has 1 aliphatic heterocycles. The lowest BCUT2D eigenvalue weighted by atomic mass is 10.2. The molecule has 0 amide bonds. The van der Waals surface area contributed by atoms with E-state index < -0.39 is 0 Å². The Kier molecular flexibility index (Phi) is 9.43. The van der Waals surface area contributed by atoms with Gasteiger partial charge in [-0.05, 0) is 45.9 Å². The van der Waals surface area contributed by atoms with Gasteiger partial charge in [0.05, 0.1) is 0 Å². The summed E-state index contributed by atoms with van der Waals surface area (Å²) < 4.78 is 5.32. The summed E-state index contributed by atoms with van der Waals surface area (Å²) in [5.74, 6) is 0. The zero-order chi connectivity index (χ0) is 13.9. The molecule has 1 saturated heterocycles. The molecule has 114 valence electrons. The van der Waals surface area contributed by atoms with Crippen LogP contribution in [0.25, 0.3) is 0 Å². The predicted octanol–water partition coefficient (Wildman–Crippen LogP) is 1.42. The van der Waals surface area contributed by atoms with Crippen molar-refractivity contribution in [3.05, 3.63) is 0 Å². The molecule has 0 aromatic carbocycles. The summed E-state index contributed by atoms with van der Waals surface area (Å²) in [5.41, 5.74) is 0. The fourth-order valence-electron chi connectivity index (χ4n) is 2.86. The molecule has 1 rings (SSSR count). The minimum atomic E-state index is 0.785. The fourth-order valence-corrected chi connectivity index (χ4v) is 2.86. The van der Waals surface area contributed by atoms with Crippen LogP contribution in [0.15, 0.2) is 0 Å². The van der Waals surface area contributed by atoms with Gasteiger partial charge in [-0.2, -0.15) is 0 Å². The van der Waals surface area contributed by atoms with Crippen molar-refractivity contribution in [2.75, 3.05) is 59.0 Å². The molecular weight excluding hydrogens is 238 g/mol. The second-order valence-corrected chi connectivity index (χ2v) is 5.26. The van der Waals surface area contributed by atoms with E-state index in [0.717, 1.165) is 38.8 Å². The minimum absolute atomic E-state index is 0.785. The number of likely N-dealkylation sites (tertiary alicyclic amines) is 1. The van der Waals surface area contributed by atoms with E-state index in [0.29, 0.717) is 0 Å². The van der Waals surface area contributed by atoms with Crippen molar-refractivity contribution in [2.24, 2.45) is 0 Å². The van der Waals surface area contributed by atoms with E-state index in [1.54, 1.807) is 0 Å². The lowest BCUT2D eigenvalue weighted by Crippen LogP contribution is -2.38. The van der Waals surface area contributed by atoms with E-state index in [2.05, 4.69) is 29.0 Å². The Hall–Kier alpha value is -0.160. The average molecular weight is 271 g/mol. The van der Waals surface area contributed by atoms with Crippen LogP contribution in [-0.4, -0.2) is 74.9 Å². The van der Waals surface area contributed by atoms with Crippen molar-refractivity contribution in [2.45, 2.75) is 39.7 Å². The Labute approximate surface area is 119 Å². The highest BCUT2D eigenvalue weighted by Crippen LogP contribution is 2.14. The Morgan fingerprint density at radius 3 is 2.68 bits per heavy atom. The zero-order valence-corrected chi connectivity index (χ0v) is 13.2. The molecular formula is C15H33N3O. The maximum Gasteiger partial charge on any atom is 0.0477 e. The Bertz CT molecular complexity index is 210. The van der Waals surface area contributed by atoms with Crippen LogP contribution in [0.2, 0.25) is 0 Å². The number of nitrogens with zero attached hydrogens (tertiary/aromatic N) is 2. The summed E-state index contributed by atoms with van der Waals surface area (Å²) in [4.78, 5) is 5.19. The van der Waals surface area contributed by atoms with Crippen LogP contribution < -0.4 is 5.32 Å². The summed E-state index contributed by atoms with van der Waals surface area (Å²) >= 11 is 0. The minimum Gasteiger partial charge on any atom is -0.382 e. The Morgan fingerprint density at radius 2 is 2.00 bits per heavy atom. The van der Waals surface area contributed by atoms with Crippen molar-refractivity contribution >= 4 is 0 Å². The quantitative estimate of drug-likeness (QED) is 0.575. The van der Waals surface area contributed by atoms with Crippen molar-refractivity contribution in [1.29, 1.82) is 0 Å². The number of nitrogens with one attached hydrogen (secondary N) is 1. The molecule has 1 aliphatic rings. The second-order valence-electron chi connectivity index (χ2n) is 5.26. The third-order valence-corrected chi connectivity index (χ3v) is 4.03. The first-order chi connectivity index (χ1) is 9.31. The summed E-state index contributed by atoms with van der Waals surface area (Å²) in [7, 11) is 0. The maximum atomic E-state index is 5.32. The molecule has 1 N–H and O–H groups in total. The standard InChI is InChI=1S/C15H33N3O/c1-4-18(5-2)15-8-11-17(14-15)12-10-16-9-7-13-19-6-3/h15-16H,4-14H2,1-3H3. The summed E-state index contributed by atoms with van der Waals surface area (Å²) in [5, 5.41) is 3.51. The predicted molar refractivity (Wildman–Crippen MR) is 81.7 cm³/mol. The van der Waals surface area contributed by atoms with Crippen LogP contribution in [-0.2, 0) is 4.74 Å². The van der Waals surface area contributed by atoms with Gasteiger partial charge in [-0.1, -0.05) is 13.8 Å². The van der Waals surface area contributed by atoms with Crippen molar-refractivity contribution < 1.29 is 4.74 Å². The van der Waals surface area contributed by atoms with Gasteiger partial charge in [0.15, 0.2) is 0 Å². The normalized spacial score (nSPS) is 20.5. The van der Waals surface area contributed by atoms with Crippen molar-refractivity contribution in [1.82, 2.24) is 15.1 Å². The van der Waals surface area contributed by atoms with E-state index in [-0.39, 0.29) is 0 Å². The van der Waals surface area contributed by atoms with E-state index >= 15 is 0 Å². The Balaban J connectivity index is 1.99. The van der Waals surface area contributed by atoms with Crippen LogP contribution in [0.4, 0.5) is 0 Å². The van der Waals surface area contributed by atoms with Gasteiger partial charge in [-0.25, -0.2) is 0 Å². The first-order valence-corrected chi connectivity index (χ1v) is 8.06. The largest absolute Gasteiger partial charge is 0.382 e. The highest BCUT2D eigenvalue weighted by Gasteiger charge is 2.25. The number of hydrogen-bond acceptors (Lipinski definition) is 4. The molecule has 1 unspecified atom stereocenters. The van der Waals surface area contributed by atoms with E-state index in [9.17, 15) is 0 Å². The lowest BCUT2D eigenvalue weighted by Gasteiger charge is -2.26. The molecule has 1 fully saturated rings. The molecule has 0 bridgehead atoms. The van der Waals surface area contributed by atoms with Gasteiger partial charge in [0.1, 0.15) is 0 Å². The van der Waals surface area contributed by atoms with Crippen LogP contribution >= 0.6 is 0 Å². The third-order valence-electron chi connectivity index (χ3n) is 4.03. The van der Waals surface area contributed by atoms with Gasteiger partial charge < -0.3 is 15.0 Å². The van der Waals surface area contributed by atoms with Gasteiger partial charge in [0, 0.05) is 38.9 Å². The van der Waals surface area contributed by atoms with Crippen LogP contribution in [0.1, 0.15) is 33.6 Å². The SMILES string of the molecule is CCOCCCNCCN1CCC(N(CC)CC)C1. The van der Waals surface area contributed by atoms with Gasteiger partial charge in [-0.3, -0.25) is 4.90 Å². The maximum absolute atomic E-state index is 5.32. The van der Waals surface area contributed by atoms with E-state index in [1.807, 2.05) is 6.92 Å². The van der Waals surface area contributed by atoms with Crippen LogP contribution in [0.5, 0.6) is 0 Å². The first-order valence-electron chi connectivity index (χ1n) is 8.06. The van der Waals surface area contributed by atoms with Gasteiger partial charge in [-0.15, -0.1) is 0 Å². The lowest BCUT2D eigenvalue weighted by molar-refractivity contribution is 0.144. The first kappa shape index (κ1) is 16.9. The molecule has 4 heteroatoms. The molecule has 0 saturated carbocycles. The second kappa shape index (κ2) is 10.6. The number of likely N-dealkylation sites (N-methyl/N-ethyl adjacent to an activating group) is 1. The highest BCUT2D eigenvalue weighted by molar-refractivity contribution is 4.82. The zero-order valence-electron chi connectivity index (χ0n) is 13.2. The molecule has 0 radical (unpaired) electrons. The summed E-state index contributed by atoms with van der Waals surface area (Å²) in [6.45, 7) is 16.6. The molecule has 0 aliphatic carbocycles. The summed E-state index contributed by atoms with van der Waals surface area (Å²) in [6, 6.07) is 0.785. The average Bonchev–Trinajstić information content (AvgIpc) is 2.88. The van der Waals surface area contributed by atoms with E-state index in [4.69, 9.17) is 4.74 Å². The van der Waals surface area contributed by atoms with E-state index in [1.165, 1.54) is 39.1 Å². The monoisotopic (exact) mass is 271 g/mol. The van der Waals surface area contributed by atoms with Crippen molar-refractivity contribution in [3.8, 4) is 0 Å². The molecule has 4 nitrogen and oxygen atoms in total. The number of ether oxygens (including phenoxy) is 1. The van der Waals surface area contributed by atoms with Crippen molar-refractivity contribution in [3.63, 3.8) is 0 Å². The molecule has 1 heterocycles. The van der Waals surface area contributed by atoms with Gasteiger partial charge in [0.25, 0.3) is 0 Å². The molecule has 1 atom stereocenters. The van der Waals surface area contributed by atoms with Crippen LogP contribution in [0, 0.1) is 0 Å². The van der Waals surface area contributed by atoms with Gasteiger partial charge >= 0.3 is 0 Å². The molecule has 0 aromatic heterocycles. The smallest absolute Gasteiger partial charge is 0.0477 e. The molecule has 19 heavy (non-hydrogen) atoms.